The summed E-state index contributed by atoms with van der Waals surface area (Å²) in [4.78, 5) is 12.0. The molecule has 1 aromatic carbocycles. The van der Waals surface area contributed by atoms with Crippen LogP contribution in [0.15, 0.2) is 18.2 Å². The molecule has 1 saturated heterocycles. The monoisotopic (exact) mass is 306 g/mol. The molecule has 1 fully saturated rings. The molecule has 3 nitrogen and oxygen atoms in total. The molecule has 0 spiro atoms. The van der Waals surface area contributed by atoms with Crippen LogP contribution in [0.3, 0.4) is 0 Å². The molecule has 1 heterocycles. The quantitative estimate of drug-likeness (QED) is 0.880. The van der Waals surface area contributed by atoms with Crippen molar-refractivity contribution in [2.75, 3.05) is 11.9 Å². The van der Waals surface area contributed by atoms with Crippen molar-refractivity contribution in [1.29, 1.82) is 0 Å². The van der Waals surface area contributed by atoms with Crippen molar-refractivity contribution < 1.29 is 18.0 Å². The minimum absolute atomic E-state index is 0.0220. The van der Waals surface area contributed by atoms with Crippen LogP contribution in [-0.2, 0) is 11.0 Å². The smallest absolute Gasteiger partial charge is 0.325 e. The molecule has 0 bridgehead atoms. The molecule has 0 aromatic heterocycles. The van der Waals surface area contributed by atoms with Crippen LogP contribution >= 0.6 is 11.6 Å². The first-order chi connectivity index (χ1) is 9.29. The molecule has 1 aromatic rings. The van der Waals surface area contributed by atoms with Crippen LogP contribution in [0.5, 0.6) is 0 Å². The lowest BCUT2D eigenvalue weighted by Crippen LogP contribution is -2.32. The van der Waals surface area contributed by atoms with Gasteiger partial charge in [-0.25, -0.2) is 0 Å². The van der Waals surface area contributed by atoms with Gasteiger partial charge >= 0.3 is 6.18 Å². The second-order valence-electron chi connectivity index (χ2n) is 4.81. The van der Waals surface area contributed by atoms with Crippen LogP contribution in [0, 0.1) is 5.92 Å². The second-order valence-corrected chi connectivity index (χ2v) is 5.25. The van der Waals surface area contributed by atoms with E-state index in [9.17, 15) is 18.0 Å². The Hall–Kier alpha value is -1.27. The van der Waals surface area contributed by atoms with Gasteiger partial charge in [0, 0.05) is 11.1 Å². The Balaban J connectivity index is 2.23. The van der Waals surface area contributed by atoms with Crippen molar-refractivity contribution in [3.63, 3.8) is 0 Å². The Kier molecular flexibility index (Phi) is 4.25. The van der Waals surface area contributed by atoms with Gasteiger partial charge in [0.2, 0.25) is 5.91 Å². The molecule has 110 valence electrons. The van der Waals surface area contributed by atoms with E-state index in [1.165, 1.54) is 12.1 Å². The summed E-state index contributed by atoms with van der Waals surface area (Å²) in [6, 6.07) is 3.27. The molecular weight excluding hydrogens is 293 g/mol. The van der Waals surface area contributed by atoms with Gasteiger partial charge in [0.25, 0.3) is 0 Å². The van der Waals surface area contributed by atoms with Crippen LogP contribution in [0.25, 0.3) is 0 Å². The summed E-state index contributed by atoms with van der Waals surface area (Å²) >= 11 is 5.59. The van der Waals surface area contributed by atoms with Gasteiger partial charge in [-0.1, -0.05) is 11.6 Å². The van der Waals surface area contributed by atoms with E-state index in [-0.39, 0.29) is 22.7 Å². The summed E-state index contributed by atoms with van der Waals surface area (Å²) in [5.74, 6) is -0.734. The van der Waals surface area contributed by atoms with E-state index in [1.54, 1.807) is 0 Å². The minimum atomic E-state index is -4.56. The lowest BCUT2D eigenvalue weighted by atomic mass is 10.0. The first kappa shape index (κ1) is 15.1. The van der Waals surface area contributed by atoms with Crippen molar-refractivity contribution in [1.82, 2.24) is 5.32 Å². The zero-order valence-corrected chi connectivity index (χ0v) is 11.5. The molecular formula is C13H14ClF3N2O. The first-order valence-electron chi connectivity index (χ1n) is 6.20. The lowest BCUT2D eigenvalue weighted by Gasteiger charge is -2.18. The van der Waals surface area contributed by atoms with Crippen molar-refractivity contribution >= 4 is 23.2 Å². The van der Waals surface area contributed by atoms with E-state index in [1.807, 2.05) is 6.92 Å². The highest BCUT2D eigenvalue weighted by Crippen LogP contribution is 2.36. The predicted octanol–water partition coefficient (Wildman–Crippen LogP) is 3.30. The van der Waals surface area contributed by atoms with Gasteiger partial charge in [-0.05, 0) is 38.1 Å². The third-order valence-electron chi connectivity index (χ3n) is 3.41. The Morgan fingerprint density at radius 2 is 2.15 bits per heavy atom. The van der Waals surface area contributed by atoms with E-state index >= 15 is 0 Å². The highest BCUT2D eigenvalue weighted by Gasteiger charge is 2.35. The van der Waals surface area contributed by atoms with Crippen molar-refractivity contribution in [3.8, 4) is 0 Å². The van der Waals surface area contributed by atoms with Crippen molar-refractivity contribution in [3.05, 3.63) is 28.8 Å². The fourth-order valence-electron chi connectivity index (χ4n) is 2.30. The third-order valence-corrected chi connectivity index (χ3v) is 3.64. The number of carbonyl (C=O) groups excluding carboxylic acids is 1. The van der Waals surface area contributed by atoms with E-state index in [0.29, 0.717) is 13.0 Å². The van der Waals surface area contributed by atoms with Gasteiger partial charge in [0.05, 0.1) is 17.2 Å². The molecule has 0 aliphatic carbocycles. The topological polar surface area (TPSA) is 41.1 Å². The maximum absolute atomic E-state index is 12.9. The number of amides is 1. The fraction of sp³-hybridized carbons (Fsp3) is 0.462. The van der Waals surface area contributed by atoms with Crippen molar-refractivity contribution in [2.24, 2.45) is 5.92 Å². The van der Waals surface area contributed by atoms with Gasteiger partial charge in [-0.15, -0.1) is 0 Å². The van der Waals surface area contributed by atoms with Crippen LogP contribution in [0.2, 0.25) is 5.02 Å². The average molecular weight is 307 g/mol. The highest BCUT2D eigenvalue weighted by atomic mass is 35.5. The average Bonchev–Trinajstić information content (AvgIpc) is 2.76. The van der Waals surface area contributed by atoms with Gasteiger partial charge < -0.3 is 10.6 Å². The number of rotatable bonds is 2. The molecule has 2 N–H and O–H groups in total. The number of hydrogen-bond donors (Lipinski definition) is 2. The highest BCUT2D eigenvalue weighted by molar-refractivity contribution is 6.30. The third kappa shape index (κ3) is 3.24. The summed E-state index contributed by atoms with van der Waals surface area (Å²) in [5, 5.41) is 5.42. The Labute approximate surface area is 119 Å². The van der Waals surface area contributed by atoms with Gasteiger partial charge in [0.15, 0.2) is 0 Å². The predicted molar refractivity (Wildman–Crippen MR) is 70.7 cm³/mol. The number of carbonyl (C=O) groups is 1. The number of hydrogen-bond acceptors (Lipinski definition) is 2. The normalized spacial score (nSPS) is 22.9. The van der Waals surface area contributed by atoms with E-state index in [2.05, 4.69) is 10.6 Å². The van der Waals surface area contributed by atoms with Crippen LogP contribution in [-0.4, -0.2) is 18.5 Å². The lowest BCUT2D eigenvalue weighted by molar-refractivity contribution is -0.137. The first-order valence-corrected chi connectivity index (χ1v) is 6.58. The minimum Gasteiger partial charge on any atom is -0.325 e. The number of halogens is 4. The summed E-state index contributed by atoms with van der Waals surface area (Å²) < 4.78 is 38.7. The zero-order chi connectivity index (χ0) is 14.9. The molecule has 2 rings (SSSR count). The number of alkyl halides is 3. The molecule has 2 atom stereocenters. The Morgan fingerprint density at radius 3 is 2.70 bits per heavy atom. The second kappa shape index (κ2) is 5.61. The molecule has 0 saturated carbocycles. The Morgan fingerprint density at radius 1 is 1.45 bits per heavy atom. The molecule has 20 heavy (non-hydrogen) atoms. The van der Waals surface area contributed by atoms with E-state index in [4.69, 9.17) is 11.6 Å². The number of anilines is 1. The van der Waals surface area contributed by atoms with Crippen molar-refractivity contribution in [2.45, 2.75) is 25.6 Å². The van der Waals surface area contributed by atoms with Gasteiger partial charge in [-0.3, -0.25) is 4.79 Å². The maximum atomic E-state index is 12.9. The maximum Gasteiger partial charge on any atom is 0.418 e. The summed E-state index contributed by atoms with van der Waals surface area (Å²) in [5.41, 5.74) is -1.19. The summed E-state index contributed by atoms with van der Waals surface area (Å²) in [6.45, 7) is 2.52. The van der Waals surface area contributed by atoms with Crippen LogP contribution in [0.1, 0.15) is 18.9 Å². The summed E-state index contributed by atoms with van der Waals surface area (Å²) in [6.07, 6.45) is -3.95. The molecule has 0 radical (unpaired) electrons. The SMILES string of the molecule is CC1NCCC1C(=O)Nc1ccc(Cl)cc1C(F)(F)F. The molecule has 2 unspecified atom stereocenters. The standard InChI is InChI=1S/C13H14ClF3N2O/c1-7-9(4-5-18-7)12(20)19-11-3-2-8(14)6-10(11)13(15,16)17/h2-3,6-7,9,18H,4-5H2,1H3,(H,19,20). The van der Waals surface area contributed by atoms with E-state index in [0.717, 1.165) is 6.07 Å². The zero-order valence-electron chi connectivity index (χ0n) is 10.7. The Bertz CT molecular complexity index is 519. The van der Waals surface area contributed by atoms with Gasteiger partial charge in [-0.2, -0.15) is 13.2 Å². The van der Waals surface area contributed by atoms with Gasteiger partial charge in [0.1, 0.15) is 0 Å². The van der Waals surface area contributed by atoms with E-state index < -0.39 is 17.6 Å². The molecule has 7 heteroatoms. The summed E-state index contributed by atoms with van der Waals surface area (Å²) in [7, 11) is 0. The molecule has 1 aliphatic rings. The number of benzene rings is 1. The molecule has 1 amide bonds. The number of nitrogens with one attached hydrogen (secondary N) is 2. The molecule has 1 aliphatic heterocycles. The largest absolute Gasteiger partial charge is 0.418 e. The van der Waals surface area contributed by atoms with Crippen LogP contribution < -0.4 is 10.6 Å². The fourth-order valence-corrected chi connectivity index (χ4v) is 2.47. The van der Waals surface area contributed by atoms with Crippen LogP contribution in [0.4, 0.5) is 18.9 Å².